The molecule has 0 aromatic heterocycles. The van der Waals surface area contributed by atoms with E-state index in [-0.39, 0.29) is 12.4 Å². The van der Waals surface area contributed by atoms with Crippen molar-refractivity contribution in [2.75, 3.05) is 12.9 Å². The van der Waals surface area contributed by atoms with Crippen LogP contribution in [0.2, 0.25) is 5.02 Å². The maximum Gasteiger partial charge on any atom is 0.264 e. The van der Waals surface area contributed by atoms with Gasteiger partial charge in [-0.25, -0.2) is 4.39 Å². The van der Waals surface area contributed by atoms with Crippen molar-refractivity contribution in [3.8, 4) is 0 Å². The van der Waals surface area contributed by atoms with Gasteiger partial charge >= 0.3 is 0 Å². The van der Waals surface area contributed by atoms with E-state index in [1.807, 2.05) is 0 Å². The summed E-state index contributed by atoms with van der Waals surface area (Å²) in [5.74, 6) is -0.383. The topological polar surface area (TPSA) is 43.4 Å². The second-order valence-electron chi connectivity index (χ2n) is 3.37. The molecule has 0 atom stereocenters. The second kappa shape index (κ2) is 5.61. The summed E-state index contributed by atoms with van der Waals surface area (Å²) in [6.45, 7) is 0.0564. The Balaban J connectivity index is 2.43. The Morgan fingerprint density at radius 3 is 2.69 bits per heavy atom. The van der Waals surface area contributed by atoms with Crippen LogP contribution in [0.3, 0.4) is 0 Å². The first kappa shape index (κ1) is 13.4. The zero-order chi connectivity index (χ0) is 12.2. The van der Waals surface area contributed by atoms with Crippen LogP contribution in [0.25, 0.3) is 0 Å². The van der Waals surface area contributed by atoms with E-state index >= 15 is 0 Å². The highest BCUT2D eigenvalue weighted by Crippen LogP contribution is 2.15. The van der Waals surface area contributed by atoms with Crippen molar-refractivity contribution >= 4 is 21.7 Å². The smallest absolute Gasteiger partial charge is 0.264 e. The van der Waals surface area contributed by atoms with Gasteiger partial charge in [-0.2, -0.15) is 8.42 Å². The van der Waals surface area contributed by atoms with Crippen molar-refractivity contribution in [1.29, 1.82) is 0 Å². The highest BCUT2D eigenvalue weighted by atomic mass is 35.5. The molecule has 90 valence electrons. The molecule has 0 spiro atoms. The molecule has 0 N–H and O–H groups in total. The van der Waals surface area contributed by atoms with Crippen LogP contribution in [0.15, 0.2) is 18.2 Å². The number of hydrogen-bond donors (Lipinski definition) is 0. The maximum absolute atomic E-state index is 13.3. The minimum atomic E-state index is -3.41. The summed E-state index contributed by atoms with van der Waals surface area (Å²) in [7, 11) is -3.41. The molecule has 0 aliphatic rings. The van der Waals surface area contributed by atoms with Gasteiger partial charge in [0.05, 0.1) is 12.9 Å². The first-order chi connectivity index (χ1) is 7.38. The van der Waals surface area contributed by atoms with Crippen LogP contribution in [-0.2, 0) is 20.7 Å². The maximum atomic E-state index is 13.3. The first-order valence-electron chi connectivity index (χ1n) is 4.67. The van der Waals surface area contributed by atoms with Crippen molar-refractivity contribution < 1.29 is 17.0 Å². The highest BCUT2D eigenvalue weighted by molar-refractivity contribution is 7.85. The Kier molecular flexibility index (Phi) is 4.70. The molecule has 0 amide bonds. The lowest BCUT2D eigenvalue weighted by Gasteiger charge is -2.03. The van der Waals surface area contributed by atoms with E-state index in [1.54, 1.807) is 12.1 Å². The Morgan fingerprint density at radius 1 is 1.44 bits per heavy atom. The summed E-state index contributed by atoms with van der Waals surface area (Å²) in [5.41, 5.74) is 0.501. The largest absolute Gasteiger partial charge is 0.270 e. The summed E-state index contributed by atoms with van der Waals surface area (Å²) in [4.78, 5) is 0. The van der Waals surface area contributed by atoms with E-state index < -0.39 is 10.1 Å². The fourth-order valence-electron chi connectivity index (χ4n) is 1.20. The molecule has 0 saturated carbocycles. The SMILES string of the molecule is CS(=O)(=O)OCCCc1ccc(Cl)cc1F. The van der Waals surface area contributed by atoms with Gasteiger partial charge in [-0.3, -0.25) is 4.18 Å². The third-order valence-corrected chi connectivity index (χ3v) is 2.73. The minimum absolute atomic E-state index is 0.0564. The van der Waals surface area contributed by atoms with Gasteiger partial charge in [0.15, 0.2) is 0 Å². The Hall–Kier alpha value is -0.650. The zero-order valence-corrected chi connectivity index (χ0v) is 10.3. The predicted octanol–water partition coefficient (Wildman–Crippen LogP) is 2.39. The molecule has 0 aliphatic carbocycles. The molecule has 1 rings (SSSR count). The van der Waals surface area contributed by atoms with Crippen molar-refractivity contribution in [3.63, 3.8) is 0 Å². The average Bonchev–Trinajstić information content (AvgIpc) is 2.13. The van der Waals surface area contributed by atoms with Crippen LogP contribution in [0.4, 0.5) is 4.39 Å². The van der Waals surface area contributed by atoms with Crippen molar-refractivity contribution in [3.05, 3.63) is 34.6 Å². The minimum Gasteiger partial charge on any atom is -0.270 e. The van der Waals surface area contributed by atoms with Crippen LogP contribution >= 0.6 is 11.6 Å². The van der Waals surface area contributed by atoms with Crippen molar-refractivity contribution in [1.82, 2.24) is 0 Å². The molecule has 0 saturated heterocycles. The molecule has 16 heavy (non-hydrogen) atoms. The highest BCUT2D eigenvalue weighted by Gasteiger charge is 2.04. The molecule has 0 fully saturated rings. The number of hydrogen-bond acceptors (Lipinski definition) is 3. The average molecular weight is 267 g/mol. The molecule has 0 bridgehead atoms. The van der Waals surface area contributed by atoms with Gasteiger partial charge in [0.1, 0.15) is 5.82 Å². The fraction of sp³-hybridized carbons (Fsp3) is 0.400. The van der Waals surface area contributed by atoms with Gasteiger partial charge < -0.3 is 0 Å². The van der Waals surface area contributed by atoms with E-state index in [2.05, 4.69) is 4.18 Å². The third kappa shape index (κ3) is 4.92. The molecule has 1 aromatic rings. The molecule has 0 radical (unpaired) electrons. The van der Waals surface area contributed by atoms with E-state index in [0.717, 1.165) is 6.26 Å². The Labute approximate surface area is 99.3 Å². The molecular weight excluding hydrogens is 255 g/mol. The number of halogens is 2. The quantitative estimate of drug-likeness (QED) is 0.607. The van der Waals surface area contributed by atoms with Gasteiger partial charge in [0.2, 0.25) is 0 Å². The zero-order valence-electron chi connectivity index (χ0n) is 8.74. The molecular formula is C10H12ClFO3S. The summed E-state index contributed by atoms with van der Waals surface area (Å²) in [6, 6.07) is 4.41. The van der Waals surface area contributed by atoms with Crippen LogP contribution in [0.1, 0.15) is 12.0 Å². The Bertz CT molecular complexity index is 459. The lowest BCUT2D eigenvalue weighted by atomic mass is 10.1. The van der Waals surface area contributed by atoms with Gasteiger partial charge in [-0.05, 0) is 30.5 Å². The van der Waals surface area contributed by atoms with Crippen molar-refractivity contribution in [2.24, 2.45) is 0 Å². The van der Waals surface area contributed by atoms with E-state index in [0.29, 0.717) is 23.4 Å². The van der Waals surface area contributed by atoms with E-state index in [4.69, 9.17) is 11.6 Å². The monoisotopic (exact) mass is 266 g/mol. The Morgan fingerprint density at radius 2 is 2.12 bits per heavy atom. The van der Waals surface area contributed by atoms with Crippen molar-refractivity contribution in [2.45, 2.75) is 12.8 Å². The predicted molar refractivity (Wildman–Crippen MR) is 60.5 cm³/mol. The number of rotatable bonds is 5. The summed E-state index contributed by atoms with van der Waals surface area (Å²) in [5, 5.41) is 0.341. The molecule has 0 unspecified atom stereocenters. The lowest BCUT2D eigenvalue weighted by molar-refractivity contribution is 0.315. The summed E-state index contributed by atoms with van der Waals surface area (Å²) < 4.78 is 39.1. The van der Waals surface area contributed by atoms with Crippen LogP contribution < -0.4 is 0 Å². The van der Waals surface area contributed by atoms with E-state index in [9.17, 15) is 12.8 Å². The van der Waals surface area contributed by atoms with Crippen LogP contribution in [0.5, 0.6) is 0 Å². The lowest BCUT2D eigenvalue weighted by Crippen LogP contribution is -2.05. The normalized spacial score (nSPS) is 11.7. The molecule has 0 heterocycles. The van der Waals surface area contributed by atoms with E-state index in [1.165, 1.54) is 6.07 Å². The molecule has 1 aromatic carbocycles. The summed E-state index contributed by atoms with van der Waals surface area (Å²) >= 11 is 5.59. The van der Waals surface area contributed by atoms with Gasteiger partial charge in [-0.1, -0.05) is 17.7 Å². The summed E-state index contributed by atoms with van der Waals surface area (Å²) in [6.07, 6.45) is 1.83. The van der Waals surface area contributed by atoms with Gasteiger partial charge in [-0.15, -0.1) is 0 Å². The number of aryl methyl sites for hydroxylation is 1. The van der Waals surface area contributed by atoms with Crippen LogP contribution in [0, 0.1) is 5.82 Å². The molecule has 3 nitrogen and oxygen atoms in total. The third-order valence-electron chi connectivity index (χ3n) is 1.90. The van der Waals surface area contributed by atoms with Gasteiger partial charge in [0, 0.05) is 5.02 Å². The van der Waals surface area contributed by atoms with Crippen LogP contribution in [-0.4, -0.2) is 21.3 Å². The standard InChI is InChI=1S/C10H12ClFO3S/c1-16(13,14)15-6-2-3-8-4-5-9(11)7-10(8)12/h4-5,7H,2-3,6H2,1H3. The second-order valence-corrected chi connectivity index (χ2v) is 5.45. The molecule has 6 heteroatoms. The number of benzene rings is 1. The van der Waals surface area contributed by atoms with Gasteiger partial charge in [0.25, 0.3) is 10.1 Å². The molecule has 0 aliphatic heterocycles. The fourth-order valence-corrected chi connectivity index (χ4v) is 1.78. The first-order valence-corrected chi connectivity index (χ1v) is 6.86.